The van der Waals surface area contributed by atoms with Crippen LogP contribution in [0.5, 0.6) is 0 Å². The Labute approximate surface area is 131 Å². The Balaban J connectivity index is 2.16. The maximum atomic E-state index is 12.2. The monoisotopic (exact) mass is 407 g/mol. The van der Waals surface area contributed by atoms with E-state index < -0.39 is 10.0 Å². The Bertz CT molecular complexity index is 685. The molecule has 1 heterocycles. The van der Waals surface area contributed by atoms with E-state index in [9.17, 15) is 8.42 Å². The molecule has 2 aromatic rings. The third kappa shape index (κ3) is 3.93. The number of hydrogen-bond donors (Lipinski definition) is 2. The minimum absolute atomic E-state index is 0.0443. The molecule has 1 aromatic carbocycles. The summed E-state index contributed by atoms with van der Waals surface area (Å²) in [5.74, 6) is 0. The molecule has 0 amide bonds. The Hall–Kier alpha value is -1.13. The molecule has 108 valence electrons. The second-order valence-electron chi connectivity index (χ2n) is 4.13. The molecule has 0 fully saturated rings. The van der Waals surface area contributed by atoms with E-state index >= 15 is 0 Å². The summed E-state index contributed by atoms with van der Waals surface area (Å²) in [5, 5.41) is 12.7. The summed E-state index contributed by atoms with van der Waals surface area (Å²) < 4.78 is 29.3. The highest BCUT2D eigenvalue weighted by Gasteiger charge is 2.16. The van der Waals surface area contributed by atoms with Gasteiger partial charge >= 0.3 is 0 Å². The average molecular weight is 407 g/mol. The lowest BCUT2D eigenvalue weighted by molar-refractivity contribution is 0.277. The van der Waals surface area contributed by atoms with Crippen molar-refractivity contribution in [3.63, 3.8) is 0 Å². The molecule has 2 rings (SSSR count). The van der Waals surface area contributed by atoms with Crippen molar-refractivity contribution in [1.29, 1.82) is 0 Å². The van der Waals surface area contributed by atoms with Crippen molar-refractivity contribution in [2.24, 2.45) is 0 Å². The molecule has 0 spiro atoms. The molecule has 0 aliphatic carbocycles. The number of aliphatic hydroxyl groups excluding tert-OH is 1. The van der Waals surface area contributed by atoms with Gasteiger partial charge in [0.05, 0.1) is 6.20 Å². The zero-order chi connectivity index (χ0) is 14.6. The zero-order valence-electron chi connectivity index (χ0n) is 10.5. The fourth-order valence-electron chi connectivity index (χ4n) is 1.60. The van der Waals surface area contributed by atoms with E-state index in [1.807, 2.05) is 6.07 Å². The molecule has 2 N–H and O–H groups in total. The first-order chi connectivity index (χ1) is 9.51. The number of hydrogen-bond acceptors (Lipinski definition) is 4. The quantitative estimate of drug-likeness (QED) is 0.714. The molecule has 0 unspecified atom stereocenters. The van der Waals surface area contributed by atoms with Gasteiger partial charge in [-0.05, 0) is 47.2 Å². The first kappa shape index (κ1) is 15.3. The van der Waals surface area contributed by atoms with Crippen molar-refractivity contribution in [3.8, 4) is 0 Å². The van der Waals surface area contributed by atoms with Gasteiger partial charge in [0, 0.05) is 28.6 Å². The predicted molar refractivity (Wildman–Crippen MR) is 83.9 cm³/mol. The first-order valence-corrected chi connectivity index (χ1v) is 8.49. The third-order valence-corrected chi connectivity index (χ3v) is 4.55. The van der Waals surface area contributed by atoms with Crippen LogP contribution in [-0.4, -0.2) is 29.9 Å². The Kier molecular flexibility index (Phi) is 5.00. The summed E-state index contributed by atoms with van der Waals surface area (Å²) in [6.45, 7) is 0.526. The Morgan fingerprint density at radius 2 is 2.20 bits per heavy atom. The van der Waals surface area contributed by atoms with Crippen molar-refractivity contribution in [2.45, 2.75) is 17.9 Å². The highest BCUT2D eigenvalue weighted by molar-refractivity contribution is 14.1. The summed E-state index contributed by atoms with van der Waals surface area (Å²) in [6, 6.07) is 7.10. The largest absolute Gasteiger partial charge is 0.396 e. The van der Waals surface area contributed by atoms with Gasteiger partial charge in [-0.15, -0.1) is 0 Å². The Morgan fingerprint density at radius 3 is 2.90 bits per heavy atom. The van der Waals surface area contributed by atoms with Gasteiger partial charge in [0.15, 0.2) is 0 Å². The second-order valence-corrected chi connectivity index (χ2v) is 7.06. The van der Waals surface area contributed by atoms with Gasteiger partial charge < -0.3 is 5.11 Å². The highest BCUT2D eigenvalue weighted by Crippen LogP contribution is 2.17. The van der Waals surface area contributed by atoms with Gasteiger partial charge in [0.25, 0.3) is 10.0 Å². The number of aromatic nitrogens is 2. The van der Waals surface area contributed by atoms with Crippen LogP contribution in [0, 0.1) is 3.57 Å². The molecule has 0 aliphatic heterocycles. The number of anilines is 1. The van der Waals surface area contributed by atoms with Crippen LogP contribution in [0.3, 0.4) is 0 Å². The number of aliphatic hydroxyl groups is 1. The van der Waals surface area contributed by atoms with Crippen molar-refractivity contribution in [1.82, 2.24) is 9.78 Å². The number of rotatable bonds is 6. The summed E-state index contributed by atoms with van der Waals surface area (Å²) in [7, 11) is -3.63. The summed E-state index contributed by atoms with van der Waals surface area (Å²) in [4.78, 5) is 0.106. The van der Waals surface area contributed by atoms with Crippen LogP contribution in [0.2, 0.25) is 0 Å². The number of aryl methyl sites for hydroxylation is 1. The maximum Gasteiger partial charge on any atom is 0.265 e. The van der Waals surface area contributed by atoms with Crippen molar-refractivity contribution in [3.05, 3.63) is 40.2 Å². The maximum absolute atomic E-state index is 12.2. The lowest BCUT2D eigenvalue weighted by atomic mass is 10.3. The van der Waals surface area contributed by atoms with Gasteiger partial charge in [-0.3, -0.25) is 9.40 Å². The van der Waals surface area contributed by atoms with E-state index in [1.165, 1.54) is 17.1 Å². The minimum atomic E-state index is -3.63. The molecule has 0 atom stereocenters. The molecule has 6 nitrogen and oxygen atoms in total. The van der Waals surface area contributed by atoms with Crippen LogP contribution < -0.4 is 4.72 Å². The average Bonchev–Trinajstić information content (AvgIpc) is 2.85. The summed E-state index contributed by atoms with van der Waals surface area (Å²) in [5.41, 5.74) is 0.514. The van der Waals surface area contributed by atoms with E-state index in [-0.39, 0.29) is 11.5 Å². The summed E-state index contributed by atoms with van der Waals surface area (Å²) in [6.07, 6.45) is 3.28. The number of nitrogens with zero attached hydrogens (tertiary/aromatic N) is 2. The minimum Gasteiger partial charge on any atom is -0.396 e. The molecular formula is C12H14IN3O3S. The highest BCUT2D eigenvalue weighted by atomic mass is 127. The van der Waals surface area contributed by atoms with Crippen molar-refractivity contribution in [2.75, 3.05) is 11.3 Å². The van der Waals surface area contributed by atoms with Gasteiger partial charge in [-0.25, -0.2) is 8.42 Å². The number of halogens is 1. The van der Waals surface area contributed by atoms with Crippen molar-refractivity contribution < 1.29 is 13.5 Å². The van der Waals surface area contributed by atoms with Gasteiger partial charge in [-0.2, -0.15) is 5.10 Å². The standard InChI is InChI=1S/C12H14IN3O3S/c13-10-3-1-4-11(7-10)15-20(18,19)12-8-14-16(9-12)5-2-6-17/h1,3-4,7-9,15,17H,2,5-6H2. The molecule has 1 aromatic heterocycles. The molecule has 8 heteroatoms. The molecule has 0 saturated carbocycles. The van der Waals surface area contributed by atoms with Crippen LogP contribution in [0.15, 0.2) is 41.6 Å². The predicted octanol–water partition coefficient (Wildman–Crippen LogP) is 1.67. The third-order valence-electron chi connectivity index (χ3n) is 2.54. The molecular weight excluding hydrogens is 393 g/mol. The van der Waals surface area contributed by atoms with E-state index in [1.54, 1.807) is 18.2 Å². The SMILES string of the molecule is O=S(=O)(Nc1cccc(I)c1)c1cnn(CCCO)c1. The molecule has 0 aliphatic rings. The molecule has 20 heavy (non-hydrogen) atoms. The topological polar surface area (TPSA) is 84.2 Å². The first-order valence-electron chi connectivity index (χ1n) is 5.93. The zero-order valence-corrected chi connectivity index (χ0v) is 13.5. The normalized spacial score (nSPS) is 11.5. The van der Waals surface area contributed by atoms with E-state index in [0.717, 1.165) is 3.57 Å². The number of benzene rings is 1. The van der Waals surface area contributed by atoms with Gasteiger partial charge in [0.2, 0.25) is 0 Å². The van der Waals surface area contributed by atoms with E-state index in [2.05, 4.69) is 32.4 Å². The smallest absolute Gasteiger partial charge is 0.265 e. The van der Waals surface area contributed by atoms with Crippen LogP contribution >= 0.6 is 22.6 Å². The number of sulfonamides is 1. The lowest BCUT2D eigenvalue weighted by Crippen LogP contribution is -2.12. The lowest BCUT2D eigenvalue weighted by Gasteiger charge is -2.06. The molecule has 0 radical (unpaired) electrons. The van der Waals surface area contributed by atoms with Crippen LogP contribution in [0.4, 0.5) is 5.69 Å². The number of nitrogens with one attached hydrogen (secondary N) is 1. The van der Waals surface area contributed by atoms with Crippen molar-refractivity contribution >= 4 is 38.3 Å². The van der Waals surface area contributed by atoms with E-state index in [4.69, 9.17) is 5.11 Å². The van der Waals surface area contributed by atoms with Gasteiger partial charge in [-0.1, -0.05) is 6.07 Å². The fourth-order valence-corrected chi connectivity index (χ4v) is 3.15. The second kappa shape index (κ2) is 6.55. The van der Waals surface area contributed by atoms with Crippen LogP contribution in [0.1, 0.15) is 6.42 Å². The van der Waals surface area contributed by atoms with E-state index in [0.29, 0.717) is 18.7 Å². The fraction of sp³-hybridized carbons (Fsp3) is 0.250. The van der Waals surface area contributed by atoms with Crippen LogP contribution in [0.25, 0.3) is 0 Å². The summed E-state index contributed by atoms with van der Waals surface area (Å²) >= 11 is 2.12. The van der Waals surface area contributed by atoms with Gasteiger partial charge in [0.1, 0.15) is 4.90 Å². The molecule has 0 saturated heterocycles. The van der Waals surface area contributed by atoms with Crippen LogP contribution in [-0.2, 0) is 16.6 Å². The Morgan fingerprint density at radius 1 is 1.40 bits per heavy atom. The molecule has 0 bridgehead atoms.